The van der Waals surface area contributed by atoms with Gasteiger partial charge in [-0.2, -0.15) is 0 Å². The molecule has 0 saturated carbocycles. The fourth-order valence-corrected chi connectivity index (χ4v) is 3.05. The molecule has 20 heavy (non-hydrogen) atoms. The van der Waals surface area contributed by atoms with E-state index in [1.165, 1.54) is 89.9 Å². The van der Waals surface area contributed by atoms with E-state index >= 15 is 0 Å². The van der Waals surface area contributed by atoms with Gasteiger partial charge in [-0.25, -0.2) is 0 Å². The Labute approximate surface area is 130 Å². The van der Waals surface area contributed by atoms with E-state index in [9.17, 15) is 0 Å². The summed E-state index contributed by atoms with van der Waals surface area (Å²) in [6.45, 7) is 9.53. The Morgan fingerprint density at radius 2 is 0.800 bits per heavy atom. The lowest BCUT2D eigenvalue weighted by atomic mass is 9.91. The molecule has 0 aromatic heterocycles. The maximum Gasteiger partial charge on any atom is -0.0443 e. The highest BCUT2D eigenvalue weighted by Gasteiger charge is 2.06. The Morgan fingerprint density at radius 1 is 0.450 bits per heavy atom. The van der Waals surface area contributed by atoms with E-state index in [1.807, 2.05) is 0 Å². The first kappa shape index (κ1) is 20.0. The molecule has 2 unspecified atom stereocenters. The average molecular weight is 283 g/mol. The fourth-order valence-electron chi connectivity index (χ4n) is 3.05. The molecule has 0 rings (SSSR count). The average Bonchev–Trinajstić information content (AvgIpc) is 2.44. The quantitative estimate of drug-likeness (QED) is 0.269. The highest BCUT2D eigenvalue weighted by Crippen LogP contribution is 2.22. The van der Waals surface area contributed by atoms with Gasteiger partial charge in [-0.3, -0.25) is 0 Å². The van der Waals surface area contributed by atoms with Gasteiger partial charge in [0, 0.05) is 0 Å². The largest absolute Gasteiger partial charge is 0.0654 e. The van der Waals surface area contributed by atoms with Crippen molar-refractivity contribution in [3.8, 4) is 0 Å². The summed E-state index contributed by atoms with van der Waals surface area (Å²) < 4.78 is 0. The van der Waals surface area contributed by atoms with Gasteiger partial charge in [0.15, 0.2) is 0 Å². The van der Waals surface area contributed by atoms with Crippen molar-refractivity contribution in [1.29, 1.82) is 0 Å². The van der Waals surface area contributed by atoms with Crippen molar-refractivity contribution in [1.82, 2.24) is 0 Å². The summed E-state index contributed by atoms with van der Waals surface area (Å²) in [5.74, 6) is 1.92. The molecule has 0 fully saturated rings. The van der Waals surface area contributed by atoms with Crippen molar-refractivity contribution < 1.29 is 0 Å². The summed E-state index contributed by atoms with van der Waals surface area (Å²) in [4.78, 5) is 0. The minimum absolute atomic E-state index is 0.958. The molecule has 122 valence electrons. The lowest BCUT2D eigenvalue weighted by Crippen LogP contribution is -2.01. The zero-order valence-corrected chi connectivity index (χ0v) is 15.1. The van der Waals surface area contributed by atoms with Gasteiger partial charge in [-0.05, 0) is 11.8 Å². The van der Waals surface area contributed by atoms with Crippen LogP contribution in [-0.4, -0.2) is 0 Å². The van der Waals surface area contributed by atoms with E-state index in [1.54, 1.807) is 0 Å². The van der Waals surface area contributed by atoms with Crippen molar-refractivity contribution in [2.45, 2.75) is 118 Å². The molecule has 0 aromatic rings. The Kier molecular flexibility index (Phi) is 15.4. The van der Waals surface area contributed by atoms with Crippen molar-refractivity contribution in [3.05, 3.63) is 0 Å². The second-order valence-electron chi connectivity index (χ2n) is 7.19. The second kappa shape index (κ2) is 15.4. The summed E-state index contributed by atoms with van der Waals surface area (Å²) in [6.07, 6.45) is 20.2. The predicted molar refractivity (Wildman–Crippen MR) is 94.3 cm³/mol. The third-order valence-corrected chi connectivity index (χ3v) is 4.75. The molecule has 0 spiro atoms. The predicted octanol–water partition coefficient (Wildman–Crippen LogP) is 7.76. The first-order chi connectivity index (χ1) is 9.70. The number of hydrogen-bond acceptors (Lipinski definition) is 0. The van der Waals surface area contributed by atoms with Gasteiger partial charge in [0.05, 0.1) is 0 Å². The van der Waals surface area contributed by atoms with Crippen LogP contribution in [0.4, 0.5) is 0 Å². The maximum atomic E-state index is 2.47. The van der Waals surface area contributed by atoms with Crippen LogP contribution < -0.4 is 0 Å². The SMILES string of the molecule is CCCCCCCC(C)CCC(C)CCCCCCC. The third-order valence-electron chi connectivity index (χ3n) is 4.75. The van der Waals surface area contributed by atoms with Gasteiger partial charge >= 0.3 is 0 Å². The van der Waals surface area contributed by atoms with E-state index in [-0.39, 0.29) is 0 Å². The molecule has 0 aliphatic rings. The summed E-state index contributed by atoms with van der Waals surface area (Å²) in [5.41, 5.74) is 0. The minimum Gasteiger partial charge on any atom is -0.0654 e. The third kappa shape index (κ3) is 14.4. The molecule has 0 radical (unpaired) electrons. The molecule has 0 N–H and O–H groups in total. The molecular weight excluding hydrogens is 240 g/mol. The number of unbranched alkanes of at least 4 members (excludes halogenated alkanes) is 8. The first-order valence-corrected chi connectivity index (χ1v) is 9.70. The van der Waals surface area contributed by atoms with Crippen LogP contribution in [-0.2, 0) is 0 Å². The normalized spacial score (nSPS) is 14.4. The second-order valence-corrected chi connectivity index (χ2v) is 7.19. The number of rotatable bonds is 15. The summed E-state index contributed by atoms with van der Waals surface area (Å²) in [5, 5.41) is 0. The molecule has 0 bridgehead atoms. The minimum atomic E-state index is 0.958. The van der Waals surface area contributed by atoms with Gasteiger partial charge in [-0.1, -0.05) is 118 Å². The Bertz CT molecular complexity index is 153. The lowest BCUT2D eigenvalue weighted by Gasteiger charge is -2.15. The van der Waals surface area contributed by atoms with E-state index in [0.717, 1.165) is 11.8 Å². The van der Waals surface area contributed by atoms with Crippen LogP contribution in [0.15, 0.2) is 0 Å². The van der Waals surface area contributed by atoms with Crippen molar-refractivity contribution in [2.75, 3.05) is 0 Å². The van der Waals surface area contributed by atoms with Gasteiger partial charge in [0.25, 0.3) is 0 Å². The summed E-state index contributed by atoms with van der Waals surface area (Å²) in [6, 6.07) is 0. The molecule has 0 aromatic carbocycles. The molecular formula is C20H42. The molecule has 0 nitrogen and oxygen atoms in total. The molecule has 0 aliphatic carbocycles. The standard InChI is InChI=1S/C20H42/c1-5-7-9-11-13-15-19(3)17-18-20(4)16-14-12-10-8-6-2/h19-20H,5-18H2,1-4H3. The van der Waals surface area contributed by atoms with Gasteiger partial charge in [0.2, 0.25) is 0 Å². The highest BCUT2D eigenvalue weighted by atomic mass is 14.1. The van der Waals surface area contributed by atoms with Crippen LogP contribution in [0.3, 0.4) is 0 Å². The highest BCUT2D eigenvalue weighted by molar-refractivity contribution is 4.60. The summed E-state index contributed by atoms with van der Waals surface area (Å²) >= 11 is 0. The van der Waals surface area contributed by atoms with Gasteiger partial charge < -0.3 is 0 Å². The van der Waals surface area contributed by atoms with Gasteiger partial charge in [0.1, 0.15) is 0 Å². The zero-order chi connectivity index (χ0) is 15.1. The van der Waals surface area contributed by atoms with Crippen LogP contribution in [0.2, 0.25) is 0 Å². The lowest BCUT2D eigenvalue weighted by molar-refractivity contribution is 0.377. The fraction of sp³-hybridized carbons (Fsp3) is 1.00. The maximum absolute atomic E-state index is 2.47. The molecule has 0 heterocycles. The zero-order valence-electron chi connectivity index (χ0n) is 15.1. The molecule has 0 amide bonds. The van der Waals surface area contributed by atoms with Crippen LogP contribution in [0.1, 0.15) is 118 Å². The monoisotopic (exact) mass is 282 g/mol. The summed E-state index contributed by atoms with van der Waals surface area (Å²) in [7, 11) is 0. The van der Waals surface area contributed by atoms with Crippen molar-refractivity contribution >= 4 is 0 Å². The smallest absolute Gasteiger partial charge is 0.0443 e. The van der Waals surface area contributed by atoms with E-state index in [2.05, 4.69) is 27.7 Å². The van der Waals surface area contributed by atoms with Crippen LogP contribution in [0, 0.1) is 11.8 Å². The van der Waals surface area contributed by atoms with Crippen LogP contribution in [0.5, 0.6) is 0 Å². The molecule has 0 heteroatoms. The first-order valence-electron chi connectivity index (χ1n) is 9.70. The molecule has 2 atom stereocenters. The van der Waals surface area contributed by atoms with Crippen molar-refractivity contribution in [3.63, 3.8) is 0 Å². The topological polar surface area (TPSA) is 0 Å². The molecule has 0 saturated heterocycles. The Morgan fingerprint density at radius 3 is 1.15 bits per heavy atom. The van der Waals surface area contributed by atoms with Crippen molar-refractivity contribution in [2.24, 2.45) is 11.8 Å². The van der Waals surface area contributed by atoms with Crippen LogP contribution >= 0.6 is 0 Å². The van der Waals surface area contributed by atoms with E-state index in [4.69, 9.17) is 0 Å². The van der Waals surface area contributed by atoms with E-state index in [0.29, 0.717) is 0 Å². The number of hydrogen-bond donors (Lipinski definition) is 0. The van der Waals surface area contributed by atoms with E-state index < -0.39 is 0 Å². The Balaban J connectivity index is 3.32. The Hall–Kier alpha value is 0. The van der Waals surface area contributed by atoms with Gasteiger partial charge in [-0.15, -0.1) is 0 Å². The molecule has 0 aliphatic heterocycles. The van der Waals surface area contributed by atoms with Crippen LogP contribution in [0.25, 0.3) is 0 Å².